The number of carbonyl (C=O) groups is 1. The second-order valence-electron chi connectivity index (χ2n) is 5.24. The Balaban J connectivity index is 0.00000180. The molecule has 0 saturated heterocycles. The quantitative estimate of drug-likeness (QED) is 0.722. The van der Waals surface area contributed by atoms with E-state index in [9.17, 15) is 18.0 Å². The van der Waals surface area contributed by atoms with Crippen molar-refractivity contribution in [2.75, 3.05) is 6.54 Å². The molecule has 5 atom stereocenters. The van der Waals surface area contributed by atoms with Crippen LogP contribution >= 0.6 is 12.4 Å². The van der Waals surface area contributed by atoms with Gasteiger partial charge >= 0.3 is 6.18 Å². The Morgan fingerprint density at radius 1 is 1.37 bits per heavy atom. The molecule has 4 N–H and O–H groups in total. The molecule has 2 aliphatic rings. The van der Waals surface area contributed by atoms with Crippen LogP contribution in [-0.2, 0) is 4.79 Å². The Kier molecular flexibility index (Phi) is 5.08. The summed E-state index contributed by atoms with van der Waals surface area (Å²) >= 11 is 0. The van der Waals surface area contributed by atoms with Crippen molar-refractivity contribution < 1.29 is 23.1 Å². The average Bonchev–Trinajstić information content (AvgIpc) is 2.84. The Morgan fingerprint density at radius 2 is 1.95 bits per heavy atom. The van der Waals surface area contributed by atoms with Crippen molar-refractivity contribution in [2.24, 2.45) is 23.5 Å². The lowest BCUT2D eigenvalue weighted by molar-refractivity contribution is -0.202. The van der Waals surface area contributed by atoms with Crippen LogP contribution in [0, 0.1) is 17.8 Å². The normalized spacial score (nSPS) is 34.8. The van der Waals surface area contributed by atoms with E-state index in [0.717, 1.165) is 19.3 Å². The number of rotatable bonds is 3. The number of halogens is 4. The average molecular weight is 303 g/mol. The standard InChI is InChI=1S/C11H17F3N2O2.ClH/c12-11(13,14)7(17)4-16-10(18)8-5-1-2-6(3-5)9(8)15;/h5-9,17H,1-4,15H2,(H,16,18);1H. The fourth-order valence-corrected chi connectivity index (χ4v) is 3.16. The smallest absolute Gasteiger partial charge is 0.382 e. The van der Waals surface area contributed by atoms with E-state index < -0.39 is 30.7 Å². The van der Waals surface area contributed by atoms with Crippen molar-refractivity contribution in [1.29, 1.82) is 0 Å². The second kappa shape index (κ2) is 5.85. The lowest BCUT2D eigenvalue weighted by Gasteiger charge is -2.27. The Morgan fingerprint density at radius 3 is 2.42 bits per heavy atom. The maximum Gasteiger partial charge on any atom is 0.416 e. The molecule has 112 valence electrons. The minimum Gasteiger partial charge on any atom is -0.382 e. The predicted molar refractivity (Wildman–Crippen MR) is 64.6 cm³/mol. The van der Waals surface area contributed by atoms with Gasteiger partial charge in [0.25, 0.3) is 0 Å². The largest absolute Gasteiger partial charge is 0.416 e. The number of carbonyl (C=O) groups excluding carboxylic acids is 1. The number of nitrogens with two attached hydrogens (primary N) is 1. The lowest BCUT2D eigenvalue weighted by Crippen LogP contribution is -2.48. The van der Waals surface area contributed by atoms with Gasteiger partial charge in [0.05, 0.1) is 12.5 Å². The molecular formula is C11H18ClF3N2O2. The molecule has 0 aliphatic heterocycles. The topological polar surface area (TPSA) is 75.4 Å². The Hall–Kier alpha value is -0.530. The molecule has 2 fully saturated rings. The van der Waals surface area contributed by atoms with Crippen LogP contribution in [0.4, 0.5) is 13.2 Å². The number of hydrogen-bond donors (Lipinski definition) is 3. The van der Waals surface area contributed by atoms with E-state index in [1.165, 1.54) is 0 Å². The van der Waals surface area contributed by atoms with E-state index in [1.54, 1.807) is 0 Å². The van der Waals surface area contributed by atoms with Crippen LogP contribution in [-0.4, -0.2) is 35.9 Å². The summed E-state index contributed by atoms with van der Waals surface area (Å²) in [6.07, 6.45) is -4.42. The zero-order valence-electron chi connectivity index (χ0n) is 10.2. The van der Waals surface area contributed by atoms with Crippen LogP contribution in [0.5, 0.6) is 0 Å². The molecule has 0 aromatic carbocycles. The summed E-state index contributed by atoms with van der Waals surface area (Å²) in [6, 6.07) is -0.258. The first kappa shape index (κ1) is 16.5. The second-order valence-corrected chi connectivity index (χ2v) is 5.24. The number of alkyl halides is 3. The molecular weight excluding hydrogens is 285 g/mol. The van der Waals surface area contributed by atoms with Crippen LogP contribution in [0.15, 0.2) is 0 Å². The first-order chi connectivity index (χ1) is 8.30. The van der Waals surface area contributed by atoms with Crippen molar-refractivity contribution in [1.82, 2.24) is 5.32 Å². The maximum absolute atomic E-state index is 12.1. The van der Waals surface area contributed by atoms with E-state index in [2.05, 4.69) is 5.32 Å². The number of aliphatic hydroxyl groups excluding tert-OH is 1. The highest BCUT2D eigenvalue weighted by molar-refractivity contribution is 5.85. The summed E-state index contributed by atoms with van der Waals surface area (Å²) in [6.45, 7) is -0.803. The highest BCUT2D eigenvalue weighted by Gasteiger charge is 2.49. The molecule has 2 saturated carbocycles. The number of aliphatic hydroxyl groups is 1. The molecule has 0 heterocycles. The molecule has 2 aliphatic carbocycles. The molecule has 8 heteroatoms. The maximum atomic E-state index is 12.1. The minimum atomic E-state index is -4.70. The van der Waals surface area contributed by atoms with Gasteiger partial charge < -0.3 is 16.2 Å². The van der Waals surface area contributed by atoms with Gasteiger partial charge in [0.1, 0.15) is 0 Å². The molecule has 1 amide bonds. The van der Waals surface area contributed by atoms with Gasteiger partial charge in [-0.05, 0) is 31.1 Å². The fraction of sp³-hybridized carbons (Fsp3) is 0.909. The number of nitrogens with one attached hydrogen (secondary N) is 1. The molecule has 4 nitrogen and oxygen atoms in total. The third-order valence-electron chi connectivity index (χ3n) is 4.13. The molecule has 0 aromatic rings. The van der Waals surface area contributed by atoms with Crippen LogP contribution in [0.1, 0.15) is 19.3 Å². The van der Waals surface area contributed by atoms with Gasteiger partial charge in [-0.1, -0.05) is 0 Å². The highest BCUT2D eigenvalue weighted by atomic mass is 35.5. The van der Waals surface area contributed by atoms with E-state index >= 15 is 0 Å². The predicted octanol–water partition coefficient (Wildman–Crippen LogP) is 0.821. The van der Waals surface area contributed by atoms with Gasteiger partial charge in [0.15, 0.2) is 6.10 Å². The first-order valence-electron chi connectivity index (χ1n) is 6.08. The number of hydrogen-bond acceptors (Lipinski definition) is 3. The van der Waals surface area contributed by atoms with Gasteiger partial charge in [-0.3, -0.25) is 4.79 Å². The van der Waals surface area contributed by atoms with E-state index in [4.69, 9.17) is 10.8 Å². The lowest BCUT2D eigenvalue weighted by atomic mass is 9.84. The third kappa shape index (κ3) is 3.32. The third-order valence-corrected chi connectivity index (χ3v) is 4.13. The zero-order valence-corrected chi connectivity index (χ0v) is 11.0. The summed E-state index contributed by atoms with van der Waals surface area (Å²) in [5, 5.41) is 11.0. The zero-order chi connectivity index (χ0) is 13.5. The Labute approximate surface area is 115 Å². The van der Waals surface area contributed by atoms with Crippen molar-refractivity contribution >= 4 is 18.3 Å². The molecule has 2 bridgehead atoms. The summed E-state index contributed by atoms with van der Waals surface area (Å²) in [4.78, 5) is 11.8. The number of fused-ring (bicyclic) bond motifs is 2. The SMILES string of the molecule is Cl.NC1C2CCC(C2)C1C(=O)NCC(O)C(F)(F)F. The first-order valence-corrected chi connectivity index (χ1v) is 6.08. The fourth-order valence-electron chi connectivity index (χ4n) is 3.16. The molecule has 5 unspecified atom stereocenters. The van der Waals surface area contributed by atoms with Gasteiger partial charge in [0.2, 0.25) is 5.91 Å². The minimum absolute atomic E-state index is 0. The summed E-state index contributed by atoms with van der Waals surface area (Å²) in [7, 11) is 0. The monoisotopic (exact) mass is 302 g/mol. The summed E-state index contributed by atoms with van der Waals surface area (Å²) in [5.41, 5.74) is 5.91. The van der Waals surface area contributed by atoms with Gasteiger partial charge in [-0.25, -0.2) is 0 Å². The Bertz CT molecular complexity index is 338. The van der Waals surface area contributed by atoms with Crippen LogP contribution in [0.25, 0.3) is 0 Å². The van der Waals surface area contributed by atoms with E-state index in [-0.39, 0.29) is 24.4 Å². The van der Waals surface area contributed by atoms with Crippen molar-refractivity contribution in [3.05, 3.63) is 0 Å². The van der Waals surface area contributed by atoms with Crippen LogP contribution in [0.2, 0.25) is 0 Å². The van der Waals surface area contributed by atoms with Crippen LogP contribution < -0.4 is 11.1 Å². The summed E-state index contributed by atoms with van der Waals surface area (Å²) in [5.74, 6) is -0.353. The number of amides is 1. The molecule has 0 aromatic heterocycles. The molecule has 0 radical (unpaired) electrons. The summed E-state index contributed by atoms with van der Waals surface area (Å²) < 4.78 is 36.2. The van der Waals surface area contributed by atoms with Gasteiger partial charge in [0, 0.05) is 6.04 Å². The molecule has 2 rings (SSSR count). The van der Waals surface area contributed by atoms with Crippen molar-refractivity contribution in [2.45, 2.75) is 37.6 Å². The van der Waals surface area contributed by atoms with E-state index in [0.29, 0.717) is 5.92 Å². The van der Waals surface area contributed by atoms with Gasteiger partial charge in [-0.2, -0.15) is 13.2 Å². The van der Waals surface area contributed by atoms with Crippen molar-refractivity contribution in [3.63, 3.8) is 0 Å². The molecule has 19 heavy (non-hydrogen) atoms. The van der Waals surface area contributed by atoms with E-state index in [1.807, 2.05) is 0 Å². The highest BCUT2D eigenvalue weighted by Crippen LogP contribution is 2.47. The van der Waals surface area contributed by atoms with Crippen molar-refractivity contribution in [3.8, 4) is 0 Å². The van der Waals surface area contributed by atoms with Gasteiger partial charge in [-0.15, -0.1) is 12.4 Å². The molecule has 0 spiro atoms. The van der Waals surface area contributed by atoms with Crippen LogP contribution in [0.3, 0.4) is 0 Å².